The van der Waals surface area contributed by atoms with Crippen molar-refractivity contribution in [3.63, 3.8) is 0 Å². The van der Waals surface area contributed by atoms with Gasteiger partial charge in [-0.2, -0.15) is 10.2 Å². The van der Waals surface area contributed by atoms with Crippen LogP contribution in [-0.2, 0) is 11.3 Å². The molecule has 7 rings (SSSR count). The molecule has 10 heteroatoms. The molecule has 0 saturated carbocycles. The molecule has 4 aliphatic rings. The summed E-state index contributed by atoms with van der Waals surface area (Å²) >= 11 is 0. The molecular formula is C33H35N7O3. The summed E-state index contributed by atoms with van der Waals surface area (Å²) in [6.07, 6.45) is 1.91. The van der Waals surface area contributed by atoms with Crippen LogP contribution < -0.4 is 21.0 Å². The molecule has 43 heavy (non-hydrogen) atoms. The second kappa shape index (κ2) is 12.1. The first kappa shape index (κ1) is 27.5. The molecule has 0 radical (unpaired) electrons. The van der Waals surface area contributed by atoms with Crippen molar-refractivity contribution in [1.82, 2.24) is 15.8 Å². The Morgan fingerprint density at radius 3 is 2.60 bits per heavy atom. The number of rotatable bonds is 8. The van der Waals surface area contributed by atoms with Gasteiger partial charge in [0.05, 0.1) is 36.1 Å². The summed E-state index contributed by atoms with van der Waals surface area (Å²) in [7, 11) is 0. The molecule has 0 aromatic heterocycles. The van der Waals surface area contributed by atoms with E-state index in [-0.39, 0.29) is 17.9 Å². The van der Waals surface area contributed by atoms with Gasteiger partial charge in [-0.25, -0.2) is 9.80 Å². The number of hydrazine groups is 1. The highest BCUT2D eigenvalue weighted by Gasteiger charge is 2.42. The van der Waals surface area contributed by atoms with Crippen LogP contribution in [0.1, 0.15) is 45.9 Å². The Bertz CT molecular complexity index is 1570. The first-order valence-corrected chi connectivity index (χ1v) is 15.0. The molecule has 3 heterocycles. The number of fused-ring (bicyclic) bond motifs is 3. The van der Waals surface area contributed by atoms with E-state index in [1.807, 2.05) is 59.6 Å². The van der Waals surface area contributed by atoms with Crippen molar-refractivity contribution in [1.29, 1.82) is 0 Å². The number of hydrogen-bond donors (Lipinski definition) is 3. The molecule has 2 saturated heterocycles. The van der Waals surface area contributed by atoms with Gasteiger partial charge in [-0.15, -0.1) is 0 Å². The van der Waals surface area contributed by atoms with Gasteiger partial charge in [-0.05, 0) is 42.2 Å². The van der Waals surface area contributed by atoms with Gasteiger partial charge in [0.15, 0.2) is 5.78 Å². The van der Waals surface area contributed by atoms with Gasteiger partial charge in [-0.1, -0.05) is 54.6 Å². The van der Waals surface area contributed by atoms with Gasteiger partial charge in [0.1, 0.15) is 11.7 Å². The Labute approximate surface area is 250 Å². The second-order valence-corrected chi connectivity index (χ2v) is 11.3. The molecule has 0 spiro atoms. The number of benzene rings is 3. The maximum absolute atomic E-state index is 13.8. The number of amides is 2. The summed E-state index contributed by atoms with van der Waals surface area (Å²) in [5.74, 6) is -0.143. The van der Waals surface area contributed by atoms with E-state index < -0.39 is 6.04 Å². The van der Waals surface area contributed by atoms with Gasteiger partial charge in [-0.3, -0.25) is 10.2 Å². The van der Waals surface area contributed by atoms with Gasteiger partial charge < -0.3 is 20.3 Å². The van der Waals surface area contributed by atoms with E-state index >= 15 is 0 Å². The minimum Gasteiger partial charge on any atom is -0.375 e. The van der Waals surface area contributed by atoms with Crippen LogP contribution >= 0.6 is 0 Å². The van der Waals surface area contributed by atoms with Crippen LogP contribution in [0.15, 0.2) is 88.6 Å². The van der Waals surface area contributed by atoms with Crippen LogP contribution in [0.4, 0.5) is 16.2 Å². The molecule has 2 atom stereocenters. The summed E-state index contributed by atoms with van der Waals surface area (Å²) in [4.78, 5) is 29.3. The SMILES string of the molecule is O=C(Nc1cccc2c1C(=O)C1=C(c3ccc(N4CCNCC4)cc3)N=NC12)NN1CCC[C@@H]1COCc1ccccc1. The van der Waals surface area contributed by atoms with Crippen LogP contribution in [0.5, 0.6) is 0 Å². The van der Waals surface area contributed by atoms with Crippen molar-refractivity contribution < 1.29 is 14.3 Å². The molecule has 220 valence electrons. The van der Waals surface area contributed by atoms with Crippen LogP contribution in [0.2, 0.25) is 0 Å². The molecular weight excluding hydrogens is 542 g/mol. The number of nitrogens with one attached hydrogen (secondary N) is 3. The Morgan fingerprint density at radius 2 is 1.79 bits per heavy atom. The predicted molar refractivity (Wildman–Crippen MR) is 165 cm³/mol. The molecule has 2 fully saturated rings. The number of anilines is 2. The number of urea groups is 1. The maximum atomic E-state index is 13.8. The van der Waals surface area contributed by atoms with Gasteiger partial charge in [0, 0.05) is 44.0 Å². The Morgan fingerprint density at radius 1 is 0.977 bits per heavy atom. The summed E-state index contributed by atoms with van der Waals surface area (Å²) in [5, 5.41) is 17.2. The zero-order chi connectivity index (χ0) is 29.2. The summed E-state index contributed by atoms with van der Waals surface area (Å²) in [5.41, 5.74) is 9.01. The van der Waals surface area contributed by atoms with Crippen molar-refractivity contribution in [2.75, 3.05) is 49.5 Å². The van der Waals surface area contributed by atoms with E-state index in [0.29, 0.717) is 35.7 Å². The first-order chi connectivity index (χ1) is 21.2. The van der Waals surface area contributed by atoms with Crippen molar-refractivity contribution in [3.8, 4) is 0 Å². The van der Waals surface area contributed by atoms with E-state index in [4.69, 9.17) is 4.74 Å². The van der Waals surface area contributed by atoms with Gasteiger partial charge in [0.25, 0.3) is 0 Å². The average molecular weight is 578 g/mol. The van der Waals surface area contributed by atoms with Gasteiger partial charge >= 0.3 is 6.03 Å². The molecule has 10 nitrogen and oxygen atoms in total. The molecule has 3 aromatic carbocycles. The van der Waals surface area contributed by atoms with Crippen LogP contribution in [0.25, 0.3) is 5.70 Å². The number of ketones is 1. The van der Waals surface area contributed by atoms with E-state index in [0.717, 1.165) is 67.9 Å². The molecule has 3 N–H and O–H groups in total. The van der Waals surface area contributed by atoms with Crippen molar-refractivity contribution in [2.45, 2.75) is 31.5 Å². The lowest BCUT2D eigenvalue weighted by molar-refractivity contribution is 0.0538. The molecule has 1 unspecified atom stereocenters. The molecule has 3 aromatic rings. The largest absolute Gasteiger partial charge is 0.375 e. The number of ether oxygens (including phenoxy) is 1. The molecule has 0 bridgehead atoms. The monoisotopic (exact) mass is 577 g/mol. The number of carbonyl (C=O) groups is 2. The first-order valence-electron chi connectivity index (χ1n) is 15.0. The normalized spacial score (nSPS) is 21.3. The number of Topliss-reactive ketones (excluding diaryl/α,β-unsaturated/α-hetero) is 1. The third kappa shape index (κ3) is 5.56. The number of piperazine rings is 1. The fraction of sp³-hybridized carbons (Fsp3) is 0.333. The average Bonchev–Trinajstić information content (AvgIpc) is 3.75. The minimum atomic E-state index is -0.458. The Kier molecular flexibility index (Phi) is 7.71. The standard InChI is InChI=1S/C33H35N7O3/c41-32-28-26(31-29(32)30(36-37-31)23-11-13-24(14-12-23)39-18-15-34-16-19-39)9-4-10-27(28)35-33(42)38-40-17-5-8-25(40)21-43-20-22-6-2-1-3-7-22/h1-4,6-7,9-14,25,31,34H,5,8,15-21H2,(H2,35,38,42)/t25-,31?/m1/s1. The van der Waals surface area contributed by atoms with Crippen LogP contribution in [0, 0.1) is 0 Å². The third-order valence-corrected chi connectivity index (χ3v) is 8.58. The number of nitrogens with zero attached hydrogens (tertiary/aromatic N) is 4. The Hall–Kier alpha value is -4.38. The summed E-state index contributed by atoms with van der Waals surface area (Å²) in [6, 6.07) is 23.0. The van der Waals surface area contributed by atoms with E-state index in [1.54, 1.807) is 6.07 Å². The van der Waals surface area contributed by atoms with Crippen molar-refractivity contribution in [2.24, 2.45) is 10.2 Å². The van der Waals surface area contributed by atoms with E-state index in [1.165, 1.54) is 0 Å². The zero-order valence-electron chi connectivity index (χ0n) is 24.0. The highest BCUT2D eigenvalue weighted by Crippen LogP contribution is 2.49. The Balaban J connectivity index is 1.03. The van der Waals surface area contributed by atoms with E-state index in [9.17, 15) is 9.59 Å². The lowest BCUT2D eigenvalue weighted by atomic mass is 10.0. The molecule has 1 aliphatic carbocycles. The smallest absolute Gasteiger partial charge is 0.333 e. The number of hydrogen-bond acceptors (Lipinski definition) is 8. The second-order valence-electron chi connectivity index (χ2n) is 11.3. The topological polar surface area (TPSA) is 111 Å². The maximum Gasteiger partial charge on any atom is 0.333 e. The van der Waals surface area contributed by atoms with Crippen molar-refractivity contribution >= 4 is 28.9 Å². The molecule has 2 amide bonds. The van der Waals surface area contributed by atoms with Crippen molar-refractivity contribution in [3.05, 3.63) is 101 Å². The number of azo groups is 1. The highest BCUT2D eigenvalue weighted by atomic mass is 16.5. The van der Waals surface area contributed by atoms with Crippen LogP contribution in [0.3, 0.4) is 0 Å². The highest BCUT2D eigenvalue weighted by molar-refractivity contribution is 6.22. The summed E-state index contributed by atoms with van der Waals surface area (Å²) < 4.78 is 5.95. The lowest BCUT2D eigenvalue weighted by Crippen LogP contribution is -2.48. The van der Waals surface area contributed by atoms with E-state index in [2.05, 4.69) is 43.3 Å². The number of carbonyl (C=O) groups excluding carboxylic acids is 2. The van der Waals surface area contributed by atoms with Gasteiger partial charge in [0.2, 0.25) is 0 Å². The lowest BCUT2D eigenvalue weighted by Gasteiger charge is -2.29. The minimum absolute atomic E-state index is 0.0861. The summed E-state index contributed by atoms with van der Waals surface area (Å²) in [6.45, 7) is 5.66. The quantitative estimate of drug-likeness (QED) is 0.350. The third-order valence-electron chi connectivity index (χ3n) is 8.58. The van der Waals surface area contributed by atoms with Crippen LogP contribution in [-0.4, -0.2) is 62.2 Å². The predicted octanol–water partition coefficient (Wildman–Crippen LogP) is 4.93. The zero-order valence-corrected chi connectivity index (χ0v) is 24.0. The molecule has 3 aliphatic heterocycles. The fourth-order valence-electron chi connectivity index (χ4n) is 6.39. The fourth-order valence-corrected chi connectivity index (χ4v) is 6.39.